The molecule has 0 aromatic heterocycles. The van der Waals surface area contributed by atoms with Crippen molar-refractivity contribution in [1.82, 2.24) is 5.32 Å². The van der Waals surface area contributed by atoms with Crippen LogP contribution in [0.4, 0.5) is 0 Å². The standard InChI is InChI=1S/C19H35NO/c1-7-15(6)16-8-9-19(21)20-12-18(14(4)5)11-17(10-16)13(2)3/h12-17H,7-11H2,1-6H3,(H,20,21)/b18-12+. The van der Waals surface area contributed by atoms with E-state index in [1.54, 1.807) is 0 Å². The van der Waals surface area contributed by atoms with E-state index in [-0.39, 0.29) is 5.91 Å². The number of hydrogen-bond acceptors (Lipinski definition) is 1. The van der Waals surface area contributed by atoms with Crippen molar-refractivity contribution in [3.63, 3.8) is 0 Å². The molecular formula is C19H35NO. The third-order valence-corrected chi connectivity index (χ3v) is 5.40. The van der Waals surface area contributed by atoms with Crippen LogP contribution in [0, 0.1) is 29.6 Å². The van der Waals surface area contributed by atoms with E-state index in [1.165, 1.54) is 18.4 Å². The Balaban J connectivity index is 2.97. The van der Waals surface area contributed by atoms with Crippen molar-refractivity contribution in [1.29, 1.82) is 0 Å². The summed E-state index contributed by atoms with van der Waals surface area (Å²) in [5.74, 6) is 3.52. The SMILES string of the molecule is CCC(C)C1CCC(=O)N/C=C(/C(C)C)CC(C(C)C)C1. The molecule has 1 aliphatic heterocycles. The predicted molar refractivity (Wildman–Crippen MR) is 90.8 cm³/mol. The summed E-state index contributed by atoms with van der Waals surface area (Å²) in [6.07, 6.45) is 7.30. The fourth-order valence-corrected chi connectivity index (χ4v) is 3.27. The van der Waals surface area contributed by atoms with Gasteiger partial charge in [-0.05, 0) is 48.9 Å². The summed E-state index contributed by atoms with van der Waals surface area (Å²) < 4.78 is 0. The highest BCUT2D eigenvalue weighted by Crippen LogP contribution is 2.35. The third-order valence-electron chi connectivity index (χ3n) is 5.40. The quantitative estimate of drug-likeness (QED) is 0.763. The second-order valence-electron chi connectivity index (χ2n) is 7.57. The molecule has 122 valence electrons. The molecule has 0 aliphatic carbocycles. The van der Waals surface area contributed by atoms with E-state index in [9.17, 15) is 4.79 Å². The third kappa shape index (κ3) is 5.84. The van der Waals surface area contributed by atoms with Gasteiger partial charge in [0.15, 0.2) is 0 Å². The van der Waals surface area contributed by atoms with E-state index < -0.39 is 0 Å². The van der Waals surface area contributed by atoms with Crippen LogP contribution in [0.5, 0.6) is 0 Å². The van der Waals surface area contributed by atoms with Crippen molar-refractivity contribution >= 4 is 5.91 Å². The van der Waals surface area contributed by atoms with Crippen LogP contribution in [0.2, 0.25) is 0 Å². The molecule has 0 spiro atoms. The first-order valence-corrected chi connectivity index (χ1v) is 8.83. The summed E-state index contributed by atoms with van der Waals surface area (Å²) in [5.41, 5.74) is 1.40. The van der Waals surface area contributed by atoms with Crippen LogP contribution in [0.15, 0.2) is 11.8 Å². The van der Waals surface area contributed by atoms with Crippen molar-refractivity contribution in [2.75, 3.05) is 0 Å². The van der Waals surface area contributed by atoms with Crippen LogP contribution < -0.4 is 5.32 Å². The van der Waals surface area contributed by atoms with Gasteiger partial charge in [-0.25, -0.2) is 0 Å². The summed E-state index contributed by atoms with van der Waals surface area (Å²) >= 11 is 0. The molecule has 21 heavy (non-hydrogen) atoms. The molecule has 2 nitrogen and oxygen atoms in total. The first-order valence-electron chi connectivity index (χ1n) is 8.83. The van der Waals surface area contributed by atoms with Crippen LogP contribution in [-0.2, 0) is 4.79 Å². The zero-order chi connectivity index (χ0) is 16.0. The van der Waals surface area contributed by atoms with Crippen molar-refractivity contribution in [2.24, 2.45) is 29.6 Å². The lowest BCUT2D eigenvalue weighted by Crippen LogP contribution is -2.26. The zero-order valence-electron chi connectivity index (χ0n) is 14.9. The van der Waals surface area contributed by atoms with Crippen molar-refractivity contribution in [3.8, 4) is 0 Å². The van der Waals surface area contributed by atoms with Gasteiger partial charge in [-0.2, -0.15) is 0 Å². The fourth-order valence-electron chi connectivity index (χ4n) is 3.27. The second-order valence-corrected chi connectivity index (χ2v) is 7.57. The zero-order valence-corrected chi connectivity index (χ0v) is 14.9. The minimum atomic E-state index is 0.185. The average molecular weight is 293 g/mol. The number of allylic oxidation sites excluding steroid dienone is 1. The minimum Gasteiger partial charge on any atom is -0.333 e. The average Bonchev–Trinajstić information content (AvgIpc) is 2.44. The van der Waals surface area contributed by atoms with Crippen LogP contribution in [-0.4, -0.2) is 5.91 Å². The molecule has 1 aliphatic rings. The number of amides is 1. The molecule has 0 aromatic carbocycles. The topological polar surface area (TPSA) is 29.1 Å². The van der Waals surface area contributed by atoms with Gasteiger partial charge in [0.05, 0.1) is 0 Å². The van der Waals surface area contributed by atoms with Gasteiger partial charge in [-0.15, -0.1) is 0 Å². The Hall–Kier alpha value is -0.790. The molecule has 0 fully saturated rings. The first-order chi connectivity index (χ1) is 9.85. The summed E-state index contributed by atoms with van der Waals surface area (Å²) in [7, 11) is 0. The molecule has 0 saturated carbocycles. The molecule has 0 bridgehead atoms. The highest BCUT2D eigenvalue weighted by molar-refractivity contribution is 5.77. The minimum absolute atomic E-state index is 0.185. The summed E-state index contributed by atoms with van der Waals surface area (Å²) in [5, 5.41) is 3.02. The number of hydrogen-bond donors (Lipinski definition) is 1. The molecule has 3 atom stereocenters. The smallest absolute Gasteiger partial charge is 0.223 e. The van der Waals surface area contributed by atoms with Gasteiger partial charge in [0, 0.05) is 12.6 Å². The molecule has 1 heterocycles. The van der Waals surface area contributed by atoms with Crippen molar-refractivity contribution in [2.45, 2.75) is 73.6 Å². The van der Waals surface area contributed by atoms with Gasteiger partial charge in [-0.3, -0.25) is 4.79 Å². The number of nitrogens with one attached hydrogen (secondary N) is 1. The maximum atomic E-state index is 12.0. The molecule has 1 rings (SSSR count). The van der Waals surface area contributed by atoms with Crippen molar-refractivity contribution in [3.05, 3.63) is 11.8 Å². The maximum absolute atomic E-state index is 12.0. The summed E-state index contributed by atoms with van der Waals surface area (Å²) in [6, 6.07) is 0. The highest BCUT2D eigenvalue weighted by atomic mass is 16.1. The number of carbonyl (C=O) groups is 1. The maximum Gasteiger partial charge on any atom is 0.223 e. The van der Waals surface area contributed by atoms with Gasteiger partial charge in [0.2, 0.25) is 5.91 Å². The molecular weight excluding hydrogens is 258 g/mol. The monoisotopic (exact) mass is 293 g/mol. The normalized spacial score (nSPS) is 29.0. The largest absolute Gasteiger partial charge is 0.333 e. The molecule has 3 unspecified atom stereocenters. The lowest BCUT2D eigenvalue weighted by Gasteiger charge is -2.32. The van der Waals surface area contributed by atoms with E-state index in [2.05, 4.69) is 46.9 Å². The first kappa shape index (κ1) is 18.3. The Labute approximate surface area is 131 Å². The Kier molecular flexibility index (Phi) is 7.48. The van der Waals surface area contributed by atoms with Gasteiger partial charge in [-0.1, -0.05) is 53.5 Å². The van der Waals surface area contributed by atoms with E-state index in [1.807, 2.05) is 6.20 Å². The molecule has 0 radical (unpaired) electrons. The van der Waals surface area contributed by atoms with E-state index >= 15 is 0 Å². The predicted octanol–water partition coefficient (Wildman–Crippen LogP) is 5.15. The molecule has 2 heteroatoms. The van der Waals surface area contributed by atoms with Crippen LogP contribution in [0.1, 0.15) is 73.6 Å². The van der Waals surface area contributed by atoms with Gasteiger partial charge >= 0.3 is 0 Å². The van der Waals surface area contributed by atoms with Gasteiger partial charge < -0.3 is 5.32 Å². The molecule has 1 N–H and O–H groups in total. The number of carbonyl (C=O) groups excluding carboxylic acids is 1. The lowest BCUT2D eigenvalue weighted by molar-refractivity contribution is -0.120. The molecule has 0 aromatic rings. The molecule has 0 saturated heterocycles. The van der Waals surface area contributed by atoms with E-state index in [0.29, 0.717) is 30.1 Å². The molecule has 1 amide bonds. The Bertz CT molecular complexity index is 357. The summed E-state index contributed by atoms with van der Waals surface area (Å²) in [6.45, 7) is 13.8. The second kappa shape index (κ2) is 8.60. The lowest BCUT2D eigenvalue weighted by atomic mass is 9.74. The van der Waals surface area contributed by atoms with Crippen LogP contribution in [0.25, 0.3) is 0 Å². The van der Waals surface area contributed by atoms with Gasteiger partial charge in [0.25, 0.3) is 0 Å². The fraction of sp³-hybridized carbons (Fsp3) is 0.842. The van der Waals surface area contributed by atoms with Crippen molar-refractivity contribution < 1.29 is 4.79 Å². The summed E-state index contributed by atoms with van der Waals surface area (Å²) in [4.78, 5) is 12.0. The van der Waals surface area contributed by atoms with Gasteiger partial charge in [0.1, 0.15) is 0 Å². The van der Waals surface area contributed by atoms with E-state index in [4.69, 9.17) is 0 Å². The Morgan fingerprint density at radius 1 is 1.19 bits per heavy atom. The Morgan fingerprint density at radius 3 is 2.38 bits per heavy atom. The number of rotatable bonds is 4. The van der Waals surface area contributed by atoms with Crippen LogP contribution in [0.3, 0.4) is 0 Å². The van der Waals surface area contributed by atoms with E-state index in [0.717, 1.165) is 18.8 Å². The Morgan fingerprint density at radius 2 is 1.86 bits per heavy atom. The highest BCUT2D eigenvalue weighted by Gasteiger charge is 2.26. The van der Waals surface area contributed by atoms with Crippen LogP contribution >= 0.6 is 0 Å².